The molecule has 0 bridgehead atoms. The largest absolute Gasteiger partial charge is 0.340 e. The van der Waals surface area contributed by atoms with Crippen molar-refractivity contribution in [1.82, 2.24) is 14.2 Å². The molecule has 1 aromatic rings. The van der Waals surface area contributed by atoms with Crippen molar-refractivity contribution < 1.29 is 13.2 Å². The lowest BCUT2D eigenvalue weighted by molar-refractivity contribution is -0.130. The first-order valence-electron chi connectivity index (χ1n) is 7.81. The van der Waals surface area contributed by atoms with Crippen LogP contribution < -0.4 is 0 Å². The van der Waals surface area contributed by atoms with Gasteiger partial charge in [0.15, 0.2) is 0 Å². The topological polar surface area (TPSA) is 70.6 Å². The molecule has 6 nitrogen and oxygen atoms in total. The van der Waals surface area contributed by atoms with Gasteiger partial charge in [0.25, 0.3) is 0 Å². The number of halogens is 1. The van der Waals surface area contributed by atoms with Gasteiger partial charge in [0.2, 0.25) is 15.9 Å². The molecule has 126 valence electrons. The van der Waals surface area contributed by atoms with E-state index < -0.39 is 10.0 Å². The van der Waals surface area contributed by atoms with Crippen LogP contribution in [0.4, 0.5) is 0 Å². The fourth-order valence-electron chi connectivity index (χ4n) is 3.27. The lowest BCUT2D eigenvalue weighted by atomic mass is 10.1. The highest BCUT2D eigenvalue weighted by Crippen LogP contribution is 2.26. The highest BCUT2D eigenvalue weighted by Gasteiger charge is 2.34. The van der Waals surface area contributed by atoms with Crippen LogP contribution in [0.1, 0.15) is 31.2 Å². The van der Waals surface area contributed by atoms with Crippen molar-refractivity contribution in [1.29, 1.82) is 0 Å². The number of aryl methyl sites for hydroxylation is 1. The highest BCUT2D eigenvalue weighted by molar-refractivity contribution is 7.89. The number of hydrogen-bond donors (Lipinski definition) is 0. The summed E-state index contributed by atoms with van der Waals surface area (Å²) in [5.74, 6) is 0.198. The first-order chi connectivity index (χ1) is 10.9. The van der Waals surface area contributed by atoms with Crippen molar-refractivity contribution in [2.24, 2.45) is 0 Å². The SMILES string of the molecule is Cc1cc(S(=O)(=O)N2CCC(N3CCCC3=O)CC2)cnc1Cl. The summed E-state index contributed by atoms with van der Waals surface area (Å²) < 4.78 is 26.9. The average Bonchev–Trinajstić information content (AvgIpc) is 2.96. The summed E-state index contributed by atoms with van der Waals surface area (Å²) in [6, 6.07) is 1.72. The summed E-state index contributed by atoms with van der Waals surface area (Å²) in [6.45, 7) is 3.40. The maximum absolute atomic E-state index is 12.7. The first-order valence-corrected chi connectivity index (χ1v) is 9.63. The molecule has 0 saturated carbocycles. The number of pyridine rings is 1. The van der Waals surface area contributed by atoms with Gasteiger partial charge in [-0.25, -0.2) is 13.4 Å². The van der Waals surface area contributed by atoms with E-state index in [0.717, 1.165) is 13.0 Å². The maximum atomic E-state index is 12.7. The van der Waals surface area contributed by atoms with E-state index >= 15 is 0 Å². The second-order valence-corrected chi connectivity index (χ2v) is 8.40. The Hall–Kier alpha value is -1.18. The van der Waals surface area contributed by atoms with Crippen LogP contribution >= 0.6 is 11.6 Å². The van der Waals surface area contributed by atoms with Crippen LogP contribution in [0.3, 0.4) is 0 Å². The number of hydrogen-bond acceptors (Lipinski definition) is 4. The minimum atomic E-state index is -3.55. The number of amides is 1. The third kappa shape index (κ3) is 3.22. The minimum Gasteiger partial charge on any atom is -0.340 e. The van der Waals surface area contributed by atoms with E-state index in [1.165, 1.54) is 10.5 Å². The standard InChI is InChI=1S/C15H20ClN3O3S/c1-11-9-13(10-17-15(11)16)23(21,22)18-7-4-12(5-8-18)19-6-2-3-14(19)20/h9-10,12H,2-8H2,1H3. The van der Waals surface area contributed by atoms with E-state index in [1.54, 1.807) is 13.0 Å². The fourth-order valence-corrected chi connectivity index (χ4v) is 4.88. The molecule has 0 aromatic carbocycles. The molecule has 0 aliphatic carbocycles. The van der Waals surface area contributed by atoms with E-state index in [2.05, 4.69) is 4.98 Å². The Bertz CT molecular complexity index is 715. The van der Waals surface area contributed by atoms with Gasteiger partial charge in [-0.05, 0) is 37.8 Å². The number of sulfonamides is 1. The highest BCUT2D eigenvalue weighted by atomic mass is 35.5. The lowest BCUT2D eigenvalue weighted by Crippen LogP contribution is -2.47. The van der Waals surface area contributed by atoms with E-state index in [1.807, 2.05) is 4.90 Å². The number of likely N-dealkylation sites (tertiary alicyclic amines) is 1. The number of piperidine rings is 1. The normalized spacial score (nSPS) is 21.1. The summed E-state index contributed by atoms with van der Waals surface area (Å²) in [5, 5.41) is 0.315. The third-order valence-electron chi connectivity index (χ3n) is 4.60. The predicted molar refractivity (Wildman–Crippen MR) is 86.7 cm³/mol. The van der Waals surface area contributed by atoms with Crippen LogP contribution in [0.2, 0.25) is 5.15 Å². The summed E-state index contributed by atoms with van der Waals surface area (Å²) in [6.07, 6.45) is 4.21. The number of aromatic nitrogens is 1. The zero-order valence-electron chi connectivity index (χ0n) is 13.0. The number of nitrogens with zero attached hydrogens (tertiary/aromatic N) is 3. The van der Waals surface area contributed by atoms with Gasteiger partial charge in [-0.2, -0.15) is 4.31 Å². The molecule has 0 radical (unpaired) electrons. The van der Waals surface area contributed by atoms with Crippen LogP contribution in [-0.4, -0.2) is 54.2 Å². The Morgan fingerprint density at radius 2 is 1.96 bits per heavy atom. The molecule has 1 aromatic heterocycles. The van der Waals surface area contributed by atoms with Gasteiger partial charge in [-0.15, -0.1) is 0 Å². The molecule has 2 aliphatic heterocycles. The van der Waals surface area contributed by atoms with Gasteiger partial charge in [0, 0.05) is 38.3 Å². The van der Waals surface area contributed by atoms with Gasteiger partial charge in [-0.3, -0.25) is 4.79 Å². The Morgan fingerprint density at radius 3 is 2.52 bits per heavy atom. The van der Waals surface area contributed by atoms with Crippen LogP contribution in [-0.2, 0) is 14.8 Å². The van der Waals surface area contributed by atoms with Crippen LogP contribution in [0.5, 0.6) is 0 Å². The summed E-state index contributed by atoms with van der Waals surface area (Å²) in [5.41, 5.74) is 0.644. The maximum Gasteiger partial charge on any atom is 0.244 e. The van der Waals surface area contributed by atoms with Gasteiger partial charge in [-0.1, -0.05) is 11.6 Å². The van der Waals surface area contributed by atoms with Gasteiger partial charge in [0.1, 0.15) is 10.0 Å². The molecule has 1 amide bonds. The van der Waals surface area contributed by atoms with E-state index in [0.29, 0.717) is 43.1 Å². The molecule has 0 atom stereocenters. The molecule has 8 heteroatoms. The third-order valence-corrected chi connectivity index (χ3v) is 6.86. The van der Waals surface area contributed by atoms with E-state index in [9.17, 15) is 13.2 Å². The first kappa shape index (κ1) is 16.7. The molecule has 0 N–H and O–H groups in total. The molecule has 0 unspecified atom stereocenters. The van der Waals surface area contributed by atoms with Crippen LogP contribution in [0.25, 0.3) is 0 Å². The van der Waals surface area contributed by atoms with E-state index in [-0.39, 0.29) is 16.8 Å². The van der Waals surface area contributed by atoms with Gasteiger partial charge >= 0.3 is 0 Å². The Labute approximate surface area is 141 Å². The molecule has 3 heterocycles. The monoisotopic (exact) mass is 357 g/mol. The van der Waals surface area contributed by atoms with Crippen molar-refractivity contribution in [3.8, 4) is 0 Å². The molecule has 2 aliphatic rings. The number of carbonyl (C=O) groups excluding carboxylic acids is 1. The Balaban J connectivity index is 1.71. The van der Waals surface area contributed by atoms with Crippen molar-refractivity contribution >= 4 is 27.5 Å². The second-order valence-electron chi connectivity index (χ2n) is 6.10. The Morgan fingerprint density at radius 1 is 1.26 bits per heavy atom. The summed E-state index contributed by atoms with van der Waals surface area (Å²) >= 11 is 5.87. The van der Waals surface area contributed by atoms with Gasteiger partial charge < -0.3 is 4.90 Å². The molecule has 2 saturated heterocycles. The fraction of sp³-hybridized carbons (Fsp3) is 0.600. The van der Waals surface area contributed by atoms with E-state index in [4.69, 9.17) is 11.6 Å². The predicted octanol–water partition coefficient (Wildman–Crippen LogP) is 1.82. The Kier molecular flexibility index (Phi) is 4.62. The number of rotatable bonds is 3. The quantitative estimate of drug-likeness (QED) is 0.774. The summed E-state index contributed by atoms with van der Waals surface area (Å²) in [7, 11) is -3.55. The van der Waals surface area contributed by atoms with Crippen LogP contribution in [0.15, 0.2) is 17.2 Å². The van der Waals surface area contributed by atoms with Crippen molar-refractivity contribution in [3.05, 3.63) is 23.0 Å². The summed E-state index contributed by atoms with van der Waals surface area (Å²) in [4.78, 5) is 17.8. The molecule has 0 spiro atoms. The molecule has 23 heavy (non-hydrogen) atoms. The average molecular weight is 358 g/mol. The second kappa shape index (κ2) is 6.37. The number of carbonyl (C=O) groups is 1. The zero-order chi connectivity index (χ0) is 16.6. The molecular weight excluding hydrogens is 338 g/mol. The van der Waals surface area contributed by atoms with Crippen molar-refractivity contribution in [3.63, 3.8) is 0 Å². The molecule has 2 fully saturated rings. The van der Waals surface area contributed by atoms with Gasteiger partial charge in [0.05, 0.1) is 0 Å². The minimum absolute atomic E-state index is 0.168. The van der Waals surface area contributed by atoms with Crippen molar-refractivity contribution in [2.75, 3.05) is 19.6 Å². The zero-order valence-corrected chi connectivity index (χ0v) is 14.6. The lowest BCUT2D eigenvalue weighted by Gasteiger charge is -2.36. The van der Waals surface area contributed by atoms with Crippen LogP contribution in [0, 0.1) is 6.92 Å². The molecule has 3 rings (SSSR count). The van der Waals surface area contributed by atoms with Crippen molar-refractivity contribution in [2.45, 2.75) is 43.5 Å². The molecular formula is C15H20ClN3O3S. The smallest absolute Gasteiger partial charge is 0.244 e.